The van der Waals surface area contributed by atoms with E-state index >= 15 is 0 Å². The second kappa shape index (κ2) is 9.98. The number of hydrogen-bond donors (Lipinski definition) is 2. The van der Waals surface area contributed by atoms with E-state index in [1.807, 2.05) is 62.0 Å². The number of carbonyl (C=O) groups excluding carboxylic acids is 2. The van der Waals surface area contributed by atoms with Gasteiger partial charge in [-0.05, 0) is 60.2 Å². The first-order valence-electron chi connectivity index (χ1n) is 12.5. The predicted octanol–water partition coefficient (Wildman–Crippen LogP) is 6.26. The molecule has 2 aromatic carbocycles. The normalized spacial score (nSPS) is 13.5. The van der Waals surface area contributed by atoms with Gasteiger partial charge in [0.1, 0.15) is 0 Å². The molecule has 2 aromatic heterocycles. The third kappa shape index (κ3) is 5.83. The van der Waals surface area contributed by atoms with Crippen molar-refractivity contribution in [2.24, 2.45) is 5.41 Å². The molecule has 0 bridgehead atoms. The summed E-state index contributed by atoms with van der Waals surface area (Å²) in [6, 6.07) is 14.9. The van der Waals surface area contributed by atoms with Crippen LogP contribution in [0.15, 0.2) is 60.9 Å². The number of amides is 2. The molecule has 0 atom stereocenters. The van der Waals surface area contributed by atoms with Crippen LogP contribution >= 0.6 is 11.6 Å². The Labute approximate surface area is 221 Å². The summed E-state index contributed by atoms with van der Waals surface area (Å²) in [4.78, 5) is 30.0. The Morgan fingerprint density at radius 1 is 1.11 bits per heavy atom. The van der Waals surface area contributed by atoms with E-state index in [0.717, 1.165) is 27.8 Å². The molecule has 190 valence electrons. The zero-order valence-corrected chi connectivity index (χ0v) is 22.0. The van der Waals surface area contributed by atoms with Crippen molar-refractivity contribution in [3.8, 4) is 5.69 Å². The number of aromatic nitrogens is 3. The lowest BCUT2D eigenvalue weighted by Crippen LogP contribution is -2.27. The van der Waals surface area contributed by atoms with Crippen LogP contribution in [-0.4, -0.2) is 26.6 Å². The molecule has 0 spiro atoms. The lowest BCUT2D eigenvalue weighted by Gasteiger charge is -2.17. The smallest absolute Gasteiger partial charge is 0.257 e. The Kier molecular flexibility index (Phi) is 6.73. The lowest BCUT2D eigenvalue weighted by molar-refractivity contribution is -0.122. The second-order valence-corrected chi connectivity index (χ2v) is 11.2. The van der Waals surface area contributed by atoms with Crippen molar-refractivity contribution < 1.29 is 9.59 Å². The second-order valence-electron chi connectivity index (χ2n) is 10.8. The molecule has 1 aliphatic rings. The molecule has 0 unspecified atom stereocenters. The molecule has 1 saturated carbocycles. The highest BCUT2D eigenvalue weighted by Crippen LogP contribution is 2.39. The average Bonchev–Trinajstić information content (AvgIpc) is 3.61. The van der Waals surface area contributed by atoms with E-state index in [0.29, 0.717) is 35.2 Å². The van der Waals surface area contributed by atoms with Gasteiger partial charge in [-0.15, -0.1) is 0 Å². The number of fused-ring (bicyclic) bond motifs is 1. The maximum Gasteiger partial charge on any atom is 0.257 e. The van der Waals surface area contributed by atoms with Crippen molar-refractivity contribution >= 4 is 40.0 Å². The van der Waals surface area contributed by atoms with Gasteiger partial charge in [0.25, 0.3) is 5.91 Å². The maximum atomic E-state index is 13.2. The summed E-state index contributed by atoms with van der Waals surface area (Å²) in [6.07, 6.45) is 6.36. The first kappa shape index (κ1) is 25.0. The van der Waals surface area contributed by atoms with Gasteiger partial charge in [0.15, 0.2) is 0 Å². The Morgan fingerprint density at radius 2 is 1.92 bits per heavy atom. The fraction of sp³-hybridized carbons (Fsp3) is 0.310. The molecule has 1 aliphatic carbocycles. The van der Waals surface area contributed by atoms with Crippen LogP contribution in [0.4, 0.5) is 5.69 Å². The molecule has 4 aromatic rings. The van der Waals surface area contributed by atoms with Gasteiger partial charge in [0.05, 0.1) is 33.7 Å². The molecule has 5 rings (SSSR count). The molecule has 8 heteroatoms. The maximum absolute atomic E-state index is 13.2. The van der Waals surface area contributed by atoms with Gasteiger partial charge in [0.2, 0.25) is 5.91 Å². The van der Waals surface area contributed by atoms with Crippen LogP contribution < -0.4 is 10.6 Å². The summed E-state index contributed by atoms with van der Waals surface area (Å²) < 4.78 is 1.87. The SMILES string of the molecule is CC(C)(C)CC(=O)NCc1ccc(Cl)c(C(=O)Nc2cccc3c2cnn3-c2ccnc(C3CC3)c2)c1. The first-order valence-corrected chi connectivity index (χ1v) is 12.9. The third-order valence-corrected chi connectivity index (χ3v) is 6.65. The number of benzene rings is 2. The molecule has 7 nitrogen and oxygen atoms in total. The summed E-state index contributed by atoms with van der Waals surface area (Å²) in [5.41, 5.74) is 4.61. The minimum atomic E-state index is -0.326. The van der Waals surface area contributed by atoms with Crippen LogP contribution in [0, 0.1) is 5.41 Å². The molecule has 0 saturated heterocycles. The number of pyridine rings is 1. The topological polar surface area (TPSA) is 88.9 Å². The molecule has 1 fully saturated rings. The molecule has 37 heavy (non-hydrogen) atoms. The van der Waals surface area contributed by atoms with Crippen LogP contribution in [0.3, 0.4) is 0 Å². The molecular formula is C29H30ClN5O2. The largest absolute Gasteiger partial charge is 0.352 e. The zero-order chi connectivity index (χ0) is 26.2. The zero-order valence-electron chi connectivity index (χ0n) is 21.2. The van der Waals surface area contributed by atoms with Crippen molar-refractivity contribution in [1.82, 2.24) is 20.1 Å². The van der Waals surface area contributed by atoms with E-state index in [4.69, 9.17) is 11.6 Å². The summed E-state index contributed by atoms with van der Waals surface area (Å²) in [5, 5.41) is 11.7. The van der Waals surface area contributed by atoms with Gasteiger partial charge >= 0.3 is 0 Å². The van der Waals surface area contributed by atoms with Crippen molar-refractivity contribution in [2.45, 2.75) is 52.5 Å². The monoisotopic (exact) mass is 515 g/mol. The highest BCUT2D eigenvalue weighted by Gasteiger charge is 2.25. The number of nitrogens with one attached hydrogen (secondary N) is 2. The molecule has 0 radical (unpaired) electrons. The van der Waals surface area contributed by atoms with Gasteiger partial charge in [-0.3, -0.25) is 14.6 Å². The number of carbonyl (C=O) groups is 2. The highest BCUT2D eigenvalue weighted by molar-refractivity contribution is 6.34. The Balaban J connectivity index is 1.35. The van der Waals surface area contributed by atoms with Crippen LogP contribution in [0.2, 0.25) is 5.02 Å². The van der Waals surface area contributed by atoms with Crippen molar-refractivity contribution in [2.75, 3.05) is 5.32 Å². The Morgan fingerprint density at radius 3 is 2.68 bits per heavy atom. The van der Waals surface area contributed by atoms with Crippen molar-refractivity contribution in [3.63, 3.8) is 0 Å². The van der Waals surface area contributed by atoms with Crippen LogP contribution in [0.5, 0.6) is 0 Å². The van der Waals surface area contributed by atoms with E-state index in [1.165, 1.54) is 12.8 Å². The van der Waals surface area contributed by atoms with Crippen molar-refractivity contribution in [3.05, 3.63) is 82.8 Å². The van der Waals surface area contributed by atoms with Crippen LogP contribution in [-0.2, 0) is 11.3 Å². The van der Waals surface area contributed by atoms with Crippen LogP contribution in [0.1, 0.15) is 67.6 Å². The predicted molar refractivity (Wildman–Crippen MR) is 146 cm³/mol. The average molecular weight is 516 g/mol. The highest BCUT2D eigenvalue weighted by atomic mass is 35.5. The van der Waals surface area contributed by atoms with Gasteiger partial charge in [0, 0.05) is 36.2 Å². The van der Waals surface area contributed by atoms with Gasteiger partial charge in [-0.25, -0.2) is 4.68 Å². The number of nitrogens with zero attached hydrogens (tertiary/aromatic N) is 3. The third-order valence-electron chi connectivity index (χ3n) is 6.32. The summed E-state index contributed by atoms with van der Waals surface area (Å²) in [5.74, 6) is 0.188. The number of hydrogen-bond acceptors (Lipinski definition) is 4. The Bertz CT molecular complexity index is 1480. The summed E-state index contributed by atoms with van der Waals surface area (Å²) in [6.45, 7) is 6.38. The summed E-state index contributed by atoms with van der Waals surface area (Å²) >= 11 is 6.38. The van der Waals surface area contributed by atoms with E-state index in [2.05, 4.69) is 26.8 Å². The quantitative estimate of drug-likeness (QED) is 0.304. The van der Waals surface area contributed by atoms with E-state index < -0.39 is 0 Å². The van der Waals surface area contributed by atoms with Gasteiger partial charge in [-0.2, -0.15) is 5.10 Å². The fourth-order valence-electron chi connectivity index (χ4n) is 4.33. The molecular weight excluding hydrogens is 486 g/mol. The van der Waals surface area contributed by atoms with E-state index in [1.54, 1.807) is 18.3 Å². The van der Waals surface area contributed by atoms with Crippen LogP contribution in [0.25, 0.3) is 16.6 Å². The molecule has 2 N–H and O–H groups in total. The Hall–Kier alpha value is -3.71. The lowest BCUT2D eigenvalue weighted by atomic mass is 9.92. The summed E-state index contributed by atoms with van der Waals surface area (Å²) in [7, 11) is 0. The number of anilines is 1. The van der Waals surface area contributed by atoms with E-state index in [-0.39, 0.29) is 17.2 Å². The molecule has 0 aliphatic heterocycles. The molecule has 2 amide bonds. The number of halogens is 1. The number of rotatable bonds is 7. The first-order chi connectivity index (χ1) is 17.7. The van der Waals surface area contributed by atoms with Gasteiger partial charge < -0.3 is 10.6 Å². The fourth-order valence-corrected chi connectivity index (χ4v) is 4.53. The minimum Gasteiger partial charge on any atom is -0.352 e. The van der Waals surface area contributed by atoms with E-state index in [9.17, 15) is 9.59 Å². The minimum absolute atomic E-state index is 0.0319. The standard InChI is InChI=1S/C29H30ClN5O2/c1-29(2,3)15-27(36)32-16-18-7-10-23(30)21(13-18)28(37)34-24-5-4-6-26-22(24)17-33-35(26)20-11-12-31-25(14-20)19-8-9-19/h4-7,10-14,17,19H,8-9,15-16H2,1-3H3,(H,32,36)(H,34,37). The molecule has 2 heterocycles. The van der Waals surface area contributed by atoms with Crippen molar-refractivity contribution in [1.29, 1.82) is 0 Å². The van der Waals surface area contributed by atoms with Gasteiger partial charge in [-0.1, -0.05) is 44.5 Å².